The maximum atomic E-state index is 12.5. The lowest BCUT2D eigenvalue weighted by molar-refractivity contribution is -0.0779. The first-order chi connectivity index (χ1) is 10.9. The molecule has 1 N–H and O–H groups in total. The number of hydrogen-bond donors (Lipinski definition) is 1. The highest BCUT2D eigenvalue weighted by Crippen LogP contribution is 2.12. The molecule has 0 aromatic heterocycles. The third-order valence-corrected chi connectivity index (χ3v) is 4.51. The molecule has 2 saturated heterocycles. The van der Waals surface area contributed by atoms with Gasteiger partial charge in [-0.2, -0.15) is 0 Å². The molecule has 3 atom stereocenters. The van der Waals surface area contributed by atoms with E-state index in [2.05, 4.69) is 23.6 Å². The van der Waals surface area contributed by atoms with Crippen LogP contribution in [0.1, 0.15) is 20.3 Å². The lowest BCUT2D eigenvalue weighted by Crippen LogP contribution is -2.50. The van der Waals surface area contributed by atoms with Gasteiger partial charge in [-0.05, 0) is 33.4 Å². The quantitative estimate of drug-likeness (QED) is 0.775. The van der Waals surface area contributed by atoms with Crippen LogP contribution in [-0.2, 0) is 4.74 Å². The first-order valence-corrected chi connectivity index (χ1v) is 8.71. The van der Waals surface area contributed by atoms with Crippen LogP contribution in [0.25, 0.3) is 0 Å². The van der Waals surface area contributed by atoms with Crippen LogP contribution in [-0.4, -0.2) is 103 Å². The largest absolute Gasteiger partial charge is 0.390 e. The van der Waals surface area contributed by atoms with Crippen LogP contribution < -0.4 is 0 Å². The Morgan fingerprint density at radius 2 is 1.43 bits per heavy atom. The Kier molecular flexibility index (Phi) is 7.62. The van der Waals surface area contributed by atoms with Crippen molar-refractivity contribution in [3.05, 3.63) is 0 Å². The number of nitrogens with zero attached hydrogens (tertiary/aromatic N) is 3. The van der Waals surface area contributed by atoms with Crippen molar-refractivity contribution in [2.24, 2.45) is 0 Å². The molecule has 0 aromatic carbocycles. The minimum Gasteiger partial charge on any atom is -0.390 e. The van der Waals surface area contributed by atoms with Gasteiger partial charge in [-0.1, -0.05) is 0 Å². The van der Waals surface area contributed by atoms with Gasteiger partial charge in [0.15, 0.2) is 0 Å². The molecule has 2 aliphatic heterocycles. The van der Waals surface area contributed by atoms with Gasteiger partial charge in [-0.3, -0.25) is 14.7 Å². The smallest absolute Gasteiger partial charge is 0.251 e. The maximum absolute atomic E-state index is 12.5. The number of rotatable bonds is 6. The van der Waals surface area contributed by atoms with Gasteiger partial charge in [-0.25, -0.2) is 8.78 Å². The van der Waals surface area contributed by atoms with Crippen molar-refractivity contribution in [2.75, 3.05) is 58.9 Å². The van der Waals surface area contributed by atoms with Crippen LogP contribution in [0.2, 0.25) is 0 Å². The van der Waals surface area contributed by atoms with Gasteiger partial charge in [0, 0.05) is 39.3 Å². The Morgan fingerprint density at radius 3 is 2.00 bits per heavy atom. The molecular formula is C16H31F2N3O2. The van der Waals surface area contributed by atoms with Gasteiger partial charge in [0.2, 0.25) is 0 Å². The van der Waals surface area contributed by atoms with Crippen LogP contribution in [0.15, 0.2) is 0 Å². The molecule has 3 unspecified atom stereocenters. The topological polar surface area (TPSA) is 39.2 Å². The van der Waals surface area contributed by atoms with E-state index in [0.717, 1.165) is 39.1 Å². The van der Waals surface area contributed by atoms with Crippen molar-refractivity contribution in [1.82, 2.24) is 14.7 Å². The number of ether oxygens (including phenoxy) is 1. The summed E-state index contributed by atoms with van der Waals surface area (Å²) in [7, 11) is 0. The standard InChI is InChI=1S/C16H31F2N3O2/c1-13-8-21(9-14(2)23-13)11-15(22)10-19-4-3-5-20(7-6-19)12-16(17)18/h13-16,22H,3-12H2,1-2H3. The van der Waals surface area contributed by atoms with Crippen LogP contribution in [0.5, 0.6) is 0 Å². The SMILES string of the molecule is CC1CN(CC(O)CN2CCCN(CC(F)F)CC2)CC(C)O1. The predicted octanol–water partition coefficient (Wildman–Crippen LogP) is 0.729. The third kappa shape index (κ3) is 6.97. The maximum Gasteiger partial charge on any atom is 0.251 e. The van der Waals surface area contributed by atoms with Crippen LogP contribution in [0.4, 0.5) is 8.78 Å². The number of morpholine rings is 1. The van der Waals surface area contributed by atoms with E-state index in [0.29, 0.717) is 19.6 Å². The highest BCUT2D eigenvalue weighted by atomic mass is 19.3. The molecule has 0 saturated carbocycles. The van der Waals surface area contributed by atoms with Gasteiger partial charge in [0.05, 0.1) is 24.9 Å². The summed E-state index contributed by atoms with van der Waals surface area (Å²) >= 11 is 0. The normalized spacial score (nSPS) is 30.5. The van der Waals surface area contributed by atoms with Crippen LogP contribution in [0.3, 0.4) is 0 Å². The molecule has 7 heteroatoms. The summed E-state index contributed by atoms with van der Waals surface area (Å²) in [6.07, 6.45) is -1.39. The van der Waals surface area contributed by atoms with Gasteiger partial charge < -0.3 is 9.84 Å². The summed E-state index contributed by atoms with van der Waals surface area (Å²) in [5.74, 6) is 0. The third-order valence-electron chi connectivity index (χ3n) is 4.51. The zero-order valence-corrected chi connectivity index (χ0v) is 14.3. The van der Waals surface area contributed by atoms with Gasteiger partial charge in [0.1, 0.15) is 0 Å². The molecule has 0 bridgehead atoms. The molecule has 0 amide bonds. The van der Waals surface area contributed by atoms with E-state index in [1.54, 1.807) is 0 Å². The average Bonchev–Trinajstić information content (AvgIpc) is 2.62. The molecule has 0 spiro atoms. The van der Waals surface area contributed by atoms with E-state index in [9.17, 15) is 13.9 Å². The van der Waals surface area contributed by atoms with Crippen molar-refractivity contribution in [3.63, 3.8) is 0 Å². The fourth-order valence-electron chi connectivity index (χ4n) is 3.67. The molecule has 2 fully saturated rings. The van der Waals surface area contributed by atoms with Gasteiger partial charge >= 0.3 is 0 Å². The lowest BCUT2D eigenvalue weighted by Gasteiger charge is -2.37. The zero-order chi connectivity index (χ0) is 16.8. The van der Waals surface area contributed by atoms with Crippen molar-refractivity contribution in [1.29, 1.82) is 0 Å². The molecular weight excluding hydrogens is 304 g/mol. The van der Waals surface area contributed by atoms with Crippen molar-refractivity contribution >= 4 is 0 Å². The highest BCUT2D eigenvalue weighted by molar-refractivity contribution is 4.78. The second-order valence-corrected chi connectivity index (χ2v) is 6.98. The van der Waals surface area contributed by atoms with E-state index >= 15 is 0 Å². The van der Waals surface area contributed by atoms with E-state index in [1.165, 1.54) is 0 Å². The number of aliphatic hydroxyl groups is 1. The fourth-order valence-corrected chi connectivity index (χ4v) is 3.67. The molecule has 0 aromatic rings. The fraction of sp³-hybridized carbons (Fsp3) is 1.00. The first-order valence-electron chi connectivity index (χ1n) is 8.71. The van der Waals surface area contributed by atoms with Gasteiger partial charge in [-0.15, -0.1) is 0 Å². The molecule has 2 heterocycles. The van der Waals surface area contributed by atoms with Gasteiger partial charge in [0.25, 0.3) is 6.43 Å². The lowest BCUT2D eigenvalue weighted by atomic mass is 10.2. The van der Waals surface area contributed by atoms with E-state index in [4.69, 9.17) is 4.74 Å². The van der Waals surface area contributed by atoms with Crippen molar-refractivity contribution in [2.45, 2.75) is 45.0 Å². The van der Waals surface area contributed by atoms with Crippen LogP contribution >= 0.6 is 0 Å². The Labute approximate surface area is 138 Å². The Morgan fingerprint density at radius 1 is 0.913 bits per heavy atom. The monoisotopic (exact) mass is 335 g/mol. The predicted molar refractivity (Wildman–Crippen MR) is 86.0 cm³/mol. The van der Waals surface area contributed by atoms with Crippen molar-refractivity contribution < 1.29 is 18.6 Å². The molecule has 23 heavy (non-hydrogen) atoms. The number of hydrogen-bond acceptors (Lipinski definition) is 5. The number of aliphatic hydroxyl groups excluding tert-OH is 1. The van der Waals surface area contributed by atoms with E-state index in [-0.39, 0.29) is 18.8 Å². The Hall–Kier alpha value is -0.340. The average molecular weight is 335 g/mol. The number of β-amino-alcohol motifs (C(OH)–C–C–N with tert-alkyl or cyclic N) is 1. The summed E-state index contributed by atoms with van der Waals surface area (Å²) in [6, 6.07) is 0. The van der Waals surface area contributed by atoms with Crippen molar-refractivity contribution in [3.8, 4) is 0 Å². The summed E-state index contributed by atoms with van der Waals surface area (Å²) < 4.78 is 30.7. The molecule has 2 aliphatic rings. The summed E-state index contributed by atoms with van der Waals surface area (Å²) in [5.41, 5.74) is 0. The number of halogens is 2. The Balaban J connectivity index is 1.71. The molecule has 5 nitrogen and oxygen atoms in total. The summed E-state index contributed by atoms with van der Waals surface area (Å²) in [4.78, 5) is 6.27. The van der Waals surface area contributed by atoms with Crippen LogP contribution in [0, 0.1) is 0 Å². The molecule has 0 aliphatic carbocycles. The van der Waals surface area contributed by atoms with E-state index < -0.39 is 12.5 Å². The van der Waals surface area contributed by atoms with E-state index in [1.807, 2.05) is 4.90 Å². The minimum atomic E-state index is -2.27. The number of alkyl halides is 2. The zero-order valence-electron chi connectivity index (χ0n) is 14.3. The first kappa shape index (κ1) is 19.0. The minimum absolute atomic E-state index is 0.139. The second-order valence-electron chi connectivity index (χ2n) is 6.98. The molecule has 2 rings (SSSR count). The summed E-state index contributed by atoms with van der Waals surface area (Å²) in [5, 5.41) is 10.4. The Bertz CT molecular complexity index is 339. The highest BCUT2D eigenvalue weighted by Gasteiger charge is 2.25. The second kappa shape index (κ2) is 9.22. The molecule has 0 radical (unpaired) electrons. The molecule has 136 valence electrons. The summed E-state index contributed by atoms with van der Waals surface area (Å²) in [6.45, 7) is 9.93.